The summed E-state index contributed by atoms with van der Waals surface area (Å²) in [6, 6.07) is 10.8. The fraction of sp³-hybridized carbons (Fsp3) is 0.375. The quantitative estimate of drug-likeness (QED) is 0.796. The third-order valence-corrected chi connectivity index (χ3v) is 6.20. The zero-order chi connectivity index (χ0) is 16.2. The number of hydrogen-bond acceptors (Lipinski definition) is 4. The van der Waals surface area contributed by atoms with Crippen LogP contribution in [0.25, 0.3) is 0 Å². The van der Waals surface area contributed by atoms with Gasteiger partial charge in [0.2, 0.25) is 0 Å². The first-order valence-corrected chi connectivity index (χ1v) is 9.66. The second kappa shape index (κ2) is 7.15. The monoisotopic (exact) mass is 338 g/mol. The molecule has 0 atom stereocenters. The molecule has 2 N–H and O–H groups in total. The van der Waals surface area contributed by atoms with Crippen LogP contribution in [0.4, 0.5) is 11.4 Å². The van der Waals surface area contributed by atoms with E-state index in [1.54, 1.807) is 18.2 Å². The summed E-state index contributed by atoms with van der Waals surface area (Å²) in [5.74, 6) is 0.560. The summed E-state index contributed by atoms with van der Waals surface area (Å²) in [6.45, 7) is 7.18. The summed E-state index contributed by atoms with van der Waals surface area (Å²) in [7, 11) is -3.49. The number of aryl methyl sites for hydroxylation is 1. The van der Waals surface area contributed by atoms with Crippen LogP contribution in [-0.2, 0) is 16.4 Å². The lowest BCUT2D eigenvalue weighted by Gasteiger charge is -2.10. The molecule has 1 aromatic carbocycles. The van der Waals surface area contributed by atoms with Gasteiger partial charge in [0, 0.05) is 22.8 Å². The Morgan fingerprint density at radius 2 is 1.68 bits per heavy atom. The molecular weight excluding hydrogens is 316 g/mol. The molecule has 0 aliphatic carbocycles. The van der Waals surface area contributed by atoms with E-state index in [0.717, 1.165) is 23.5 Å². The van der Waals surface area contributed by atoms with E-state index in [2.05, 4.69) is 23.9 Å². The standard InChI is InChI=1S/C16H22N2O2S2/c1-4-15-9-10-16(21-15)22(19,20)18-14-7-5-13(6-8-14)17-11-12(2)3/h5-10,12,17-18H,4,11H2,1-3H3. The average Bonchev–Trinajstić information content (AvgIpc) is 2.96. The molecule has 120 valence electrons. The van der Waals surface area contributed by atoms with Crippen molar-refractivity contribution in [1.29, 1.82) is 0 Å². The largest absolute Gasteiger partial charge is 0.385 e. The number of hydrogen-bond donors (Lipinski definition) is 2. The van der Waals surface area contributed by atoms with Crippen LogP contribution >= 0.6 is 11.3 Å². The van der Waals surface area contributed by atoms with Gasteiger partial charge in [-0.15, -0.1) is 11.3 Å². The van der Waals surface area contributed by atoms with Crippen LogP contribution < -0.4 is 10.0 Å². The van der Waals surface area contributed by atoms with Crippen LogP contribution in [0.5, 0.6) is 0 Å². The maximum absolute atomic E-state index is 12.3. The zero-order valence-electron chi connectivity index (χ0n) is 13.1. The molecule has 1 aromatic heterocycles. The van der Waals surface area contributed by atoms with Crippen LogP contribution in [0.3, 0.4) is 0 Å². The molecule has 0 aliphatic heterocycles. The van der Waals surface area contributed by atoms with Crippen molar-refractivity contribution in [2.45, 2.75) is 31.4 Å². The van der Waals surface area contributed by atoms with Gasteiger partial charge in [0.15, 0.2) is 0 Å². The summed E-state index contributed by atoms with van der Waals surface area (Å²) in [6.07, 6.45) is 0.844. The van der Waals surface area contributed by atoms with E-state index in [1.165, 1.54) is 11.3 Å². The molecule has 0 fully saturated rings. The van der Waals surface area contributed by atoms with Crippen molar-refractivity contribution >= 4 is 32.7 Å². The third kappa shape index (κ3) is 4.48. The van der Waals surface area contributed by atoms with Gasteiger partial charge >= 0.3 is 0 Å². The minimum Gasteiger partial charge on any atom is -0.385 e. The Kier molecular flexibility index (Phi) is 5.47. The van der Waals surface area contributed by atoms with Crippen molar-refractivity contribution in [3.05, 3.63) is 41.3 Å². The molecule has 0 unspecified atom stereocenters. The van der Waals surface area contributed by atoms with E-state index in [1.807, 2.05) is 25.1 Å². The number of nitrogens with one attached hydrogen (secondary N) is 2. The second-order valence-corrected chi connectivity index (χ2v) is 8.61. The molecule has 0 bridgehead atoms. The van der Waals surface area contributed by atoms with E-state index in [0.29, 0.717) is 15.8 Å². The Morgan fingerprint density at radius 1 is 1.05 bits per heavy atom. The Balaban J connectivity index is 2.06. The first kappa shape index (κ1) is 16.8. The lowest BCUT2D eigenvalue weighted by Crippen LogP contribution is -2.11. The van der Waals surface area contributed by atoms with Gasteiger partial charge in [-0.1, -0.05) is 20.8 Å². The maximum Gasteiger partial charge on any atom is 0.271 e. The molecular formula is C16H22N2O2S2. The highest BCUT2D eigenvalue weighted by molar-refractivity contribution is 7.94. The van der Waals surface area contributed by atoms with Crippen molar-refractivity contribution in [1.82, 2.24) is 0 Å². The molecule has 0 aliphatic rings. The zero-order valence-corrected chi connectivity index (χ0v) is 14.7. The molecule has 6 heteroatoms. The van der Waals surface area contributed by atoms with E-state index in [4.69, 9.17) is 0 Å². The van der Waals surface area contributed by atoms with Crippen LogP contribution in [0.2, 0.25) is 0 Å². The second-order valence-electron chi connectivity index (χ2n) is 5.53. The normalized spacial score (nSPS) is 11.6. The van der Waals surface area contributed by atoms with E-state index < -0.39 is 10.0 Å². The Morgan fingerprint density at radius 3 is 2.23 bits per heavy atom. The number of benzene rings is 1. The van der Waals surface area contributed by atoms with Crippen molar-refractivity contribution in [2.24, 2.45) is 5.92 Å². The van der Waals surface area contributed by atoms with Gasteiger partial charge < -0.3 is 5.32 Å². The van der Waals surface area contributed by atoms with Gasteiger partial charge in [-0.25, -0.2) is 8.42 Å². The van der Waals surface area contributed by atoms with E-state index in [-0.39, 0.29) is 0 Å². The van der Waals surface area contributed by atoms with Crippen molar-refractivity contribution in [3.8, 4) is 0 Å². The number of rotatable bonds is 7. The smallest absolute Gasteiger partial charge is 0.271 e. The number of anilines is 2. The molecule has 0 radical (unpaired) electrons. The molecule has 1 heterocycles. The topological polar surface area (TPSA) is 58.2 Å². The Labute approximate surface area is 136 Å². The van der Waals surface area contributed by atoms with E-state index >= 15 is 0 Å². The Hall–Kier alpha value is -1.53. The van der Waals surface area contributed by atoms with Gasteiger partial charge in [-0.2, -0.15) is 0 Å². The highest BCUT2D eigenvalue weighted by atomic mass is 32.2. The summed E-state index contributed by atoms with van der Waals surface area (Å²) in [5, 5.41) is 3.30. The maximum atomic E-state index is 12.3. The number of sulfonamides is 1. The van der Waals surface area contributed by atoms with Crippen LogP contribution in [0.1, 0.15) is 25.6 Å². The molecule has 0 saturated carbocycles. The van der Waals surface area contributed by atoms with Gasteiger partial charge in [-0.3, -0.25) is 4.72 Å². The molecule has 0 spiro atoms. The first-order valence-electron chi connectivity index (χ1n) is 7.36. The highest BCUT2D eigenvalue weighted by Crippen LogP contribution is 2.25. The SMILES string of the molecule is CCc1ccc(S(=O)(=O)Nc2ccc(NCC(C)C)cc2)s1. The third-order valence-electron chi connectivity index (χ3n) is 3.10. The van der Waals surface area contributed by atoms with Crippen molar-refractivity contribution < 1.29 is 8.42 Å². The van der Waals surface area contributed by atoms with Gasteiger partial charge in [0.1, 0.15) is 4.21 Å². The predicted octanol–water partition coefficient (Wildman–Crippen LogP) is 4.18. The minimum atomic E-state index is -3.49. The van der Waals surface area contributed by atoms with Crippen LogP contribution in [0, 0.1) is 5.92 Å². The molecule has 2 aromatic rings. The van der Waals surface area contributed by atoms with Crippen LogP contribution in [0.15, 0.2) is 40.6 Å². The lowest BCUT2D eigenvalue weighted by atomic mass is 10.2. The fourth-order valence-corrected chi connectivity index (χ4v) is 4.23. The molecule has 0 amide bonds. The van der Waals surface area contributed by atoms with Crippen molar-refractivity contribution in [2.75, 3.05) is 16.6 Å². The average molecular weight is 338 g/mol. The lowest BCUT2D eigenvalue weighted by molar-refractivity contribution is 0.603. The van der Waals surface area contributed by atoms with Gasteiger partial charge in [-0.05, 0) is 48.7 Å². The van der Waals surface area contributed by atoms with Gasteiger partial charge in [0.05, 0.1) is 0 Å². The first-order chi connectivity index (χ1) is 10.4. The van der Waals surface area contributed by atoms with E-state index in [9.17, 15) is 8.42 Å². The number of thiophene rings is 1. The molecule has 22 heavy (non-hydrogen) atoms. The minimum absolute atomic E-state index is 0.353. The van der Waals surface area contributed by atoms with Gasteiger partial charge in [0.25, 0.3) is 10.0 Å². The summed E-state index contributed by atoms with van der Waals surface area (Å²) in [5.41, 5.74) is 1.56. The van der Waals surface area contributed by atoms with Crippen molar-refractivity contribution in [3.63, 3.8) is 0 Å². The molecule has 0 saturated heterocycles. The fourth-order valence-electron chi connectivity index (χ4n) is 1.88. The summed E-state index contributed by atoms with van der Waals surface area (Å²) in [4.78, 5) is 1.06. The van der Waals surface area contributed by atoms with Crippen LogP contribution in [-0.4, -0.2) is 15.0 Å². The highest BCUT2D eigenvalue weighted by Gasteiger charge is 2.16. The summed E-state index contributed by atoms with van der Waals surface area (Å²) >= 11 is 1.31. The Bertz CT molecular complexity index is 704. The molecule has 2 rings (SSSR count). The summed E-state index contributed by atoms with van der Waals surface area (Å²) < 4.78 is 27.6. The molecule has 4 nitrogen and oxygen atoms in total. The predicted molar refractivity (Wildman–Crippen MR) is 94.3 cm³/mol.